The van der Waals surface area contributed by atoms with E-state index in [1.165, 1.54) is 8.79 Å². The molecule has 0 radical (unpaired) electrons. The summed E-state index contributed by atoms with van der Waals surface area (Å²) in [5.41, 5.74) is 0. The van der Waals surface area contributed by atoms with Gasteiger partial charge in [-0.05, 0) is 0 Å². The van der Waals surface area contributed by atoms with Gasteiger partial charge in [0.2, 0.25) is 0 Å². The molecule has 2 aromatic rings. The van der Waals surface area contributed by atoms with Crippen molar-refractivity contribution in [2.24, 2.45) is 0 Å². The second kappa shape index (κ2) is 6.58. The summed E-state index contributed by atoms with van der Waals surface area (Å²) < 4.78 is 3.02. The molecule has 0 spiro atoms. The Morgan fingerprint density at radius 2 is 1.05 bits per heavy atom. The van der Waals surface area contributed by atoms with Crippen LogP contribution < -0.4 is 8.79 Å². The van der Waals surface area contributed by atoms with Gasteiger partial charge in [0.25, 0.3) is 0 Å². The fourth-order valence-corrected chi connectivity index (χ4v) is 11.3. The van der Waals surface area contributed by atoms with Crippen LogP contribution in [-0.2, 0) is 0 Å². The average molecular weight is 309 g/mol. The molecular formula is C18H20Ge. The first-order valence-electron chi connectivity index (χ1n) is 6.66. The van der Waals surface area contributed by atoms with E-state index >= 15 is 0 Å². The summed E-state index contributed by atoms with van der Waals surface area (Å²) in [6.45, 7) is 7.98. The first-order valence-corrected chi connectivity index (χ1v) is 11.7. The molecule has 2 aromatic carbocycles. The zero-order valence-electron chi connectivity index (χ0n) is 11.3. The van der Waals surface area contributed by atoms with Crippen LogP contribution in [0.15, 0.2) is 86.0 Å². The van der Waals surface area contributed by atoms with Crippen LogP contribution >= 0.6 is 0 Å². The van der Waals surface area contributed by atoms with E-state index in [0.717, 1.165) is 10.5 Å². The number of rotatable bonds is 6. The zero-order valence-corrected chi connectivity index (χ0v) is 13.4. The Morgan fingerprint density at radius 3 is 1.37 bits per heavy atom. The molecule has 19 heavy (non-hydrogen) atoms. The van der Waals surface area contributed by atoms with Gasteiger partial charge in [0.05, 0.1) is 0 Å². The van der Waals surface area contributed by atoms with Crippen LogP contribution in [-0.4, -0.2) is 13.3 Å². The normalized spacial score (nSPS) is 10.9. The summed E-state index contributed by atoms with van der Waals surface area (Å²) in [5, 5.41) is 2.19. The Hall–Kier alpha value is -1.54. The standard InChI is InChI=1S/C18H20Ge/c1-3-15-19(16-4-2,17-11-7-5-8-12-17)18-13-9-6-10-14-18/h3-14H,1-2,15-16H2. The van der Waals surface area contributed by atoms with Gasteiger partial charge in [0.15, 0.2) is 0 Å². The molecule has 0 aliphatic rings. The summed E-state index contributed by atoms with van der Waals surface area (Å²) in [5.74, 6) is 0. The first-order chi connectivity index (χ1) is 9.33. The number of hydrogen-bond acceptors (Lipinski definition) is 0. The third-order valence-electron chi connectivity index (χ3n) is 3.64. The van der Waals surface area contributed by atoms with Gasteiger partial charge in [0, 0.05) is 0 Å². The number of benzene rings is 2. The Morgan fingerprint density at radius 1 is 0.684 bits per heavy atom. The molecule has 0 heterocycles. The van der Waals surface area contributed by atoms with Gasteiger partial charge in [-0.15, -0.1) is 0 Å². The van der Waals surface area contributed by atoms with Crippen molar-refractivity contribution in [3.8, 4) is 0 Å². The molecule has 0 amide bonds. The second-order valence-electron chi connectivity index (χ2n) is 4.80. The predicted molar refractivity (Wildman–Crippen MR) is 87.9 cm³/mol. The minimum atomic E-state index is -2.39. The Bertz CT molecular complexity index is 477. The molecule has 0 nitrogen and oxygen atoms in total. The van der Waals surface area contributed by atoms with Crippen LogP contribution in [0, 0.1) is 0 Å². The molecule has 0 saturated carbocycles. The van der Waals surface area contributed by atoms with Crippen molar-refractivity contribution < 1.29 is 0 Å². The second-order valence-corrected chi connectivity index (χ2v) is 13.5. The zero-order chi connectivity index (χ0) is 13.6. The Labute approximate surface area is 118 Å². The third-order valence-corrected chi connectivity index (χ3v) is 13.8. The molecule has 0 bridgehead atoms. The topological polar surface area (TPSA) is 0 Å². The van der Waals surface area contributed by atoms with Gasteiger partial charge in [-0.2, -0.15) is 0 Å². The van der Waals surface area contributed by atoms with E-state index in [2.05, 4.69) is 86.0 Å². The quantitative estimate of drug-likeness (QED) is 0.565. The predicted octanol–water partition coefficient (Wildman–Crippen LogP) is 3.62. The average Bonchev–Trinajstić information content (AvgIpc) is 2.49. The van der Waals surface area contributed by atoms with Gasteiger partial charge in [-0.3, -0.25) is 0 Å². The Kier molecular flexibility index (Phi) is 4.81. The molecule has 0 atom stereocenters. The van der Waals surface area contributed by atoms with E-state index < -0.39 is 13.3 Å². The minimum absolute atomic E-state index is 1.10. The molecule has 0 saturated heterocycles. The van der Waals surface area contributed by atoms with Gasteiger partial charge in [-0.25, -0.2) is 0 Å². The molecule has 1 heteroatoms. The molecule has 0 aliphatic heterocycles. The van der Waals surface area contributed by atoms with E-state index in [1.54, 1.807) is 0 Å². The van der Waals surface area contributed by atoms with E-state index in [9.17, 15) is 0 Å². The van der Waals surface area contributed by atoms with Crippen molar-refractivity contribution in [1.82, 2.24) is 0 Å². The fourth-order valence-electron chi connectivity index (χ4n) is 2.73. The maximum atomic E-state index is 3.99. The van der Waals surface area contributed by atoms with Gasteiger partial charge in [-0.1, -0.05) is 0 Å². The van der Waals surface area contributed by atoms with Crippen LogP contribution in [0.3, 0.4) is 0 Å². The summed E-state index contributed by atoms with van der Waals surface area (Å²) in [7, 11) is 0. The maximum absolute atomic E-state index is 3.99. The third kappa shape index (κ3) is 2.90. The van der Waals surface area contributed by atoms with Crippen LogP contribution in [0.4, 0.5) is 0 Å². The van der Waals surface area contributed by atoms with Crippen molar-refractivity contribution in [1.29, 1.82) is 0 Å². The van der Waals surface area contributed by atoms with Crippen molar-refractivity contribution in [3.05, 3.63) is 86.0 Å². The van der Waals surface area contributed by atoms with Crippen LogP contribution in [0.2, 0.25) is 10.5 Å². The van der Waals surface area contributed by atoms with Crippen molar-refractivity contribution >= 4 is 22.1 Å². The molecule has 0 N–H and O–H groups in total. The van der Waals surface area contributed by atoms with Crippen molar-refractivity contribution in [3.63, 3.8) is 0 Å². The number of hydrogen-bond donors (Lipinski definition) is 0. The van der Waals surface area contributed by atoms with E-state index in [1.807, 2.05) is 0 Å². The summed E-state index contributed by atoms with van der Waals surface area (Å²) in [6.07, 6.45) is 4.17. The van der Waals surface area contributed by atoms with E-state index in [4.69, 9.17) is 0 Å². The fraction of sp³-hybridized carbons (Fsp3) is 0.111. The molecular weight excluding hydrogens is 289 g/mol. The van der Waals surface area contributed by atoms with Crippen molar-refractivity contribution in [2.75, 3.05) is 0 Å². The number of allylic oxidation sites excluding steroid dienone is 2. The molecule has 0 aromatic heterocycles. The van der Waals surface area contributed by atoms with Crippen LogP contribution in [0.5, 0.6) is 0 Å². The molecule has 2 rings (SSSR count). The first kappa shape index (κ1) is 13.9. The molecule has 0 fully saturated rings. The summed E-state index contributed by atoms with van der Waals surface area (Å²) in [4.78, 5) is 0. The van der Waals surface area contributed by atoms with E-state index in [0.29, 0.717) is 0 Å². The molecule has 0 unspecified atom stereocenters. The summed E-state index contributed by atoms with van der Waals surface area (Å²) >= 11 is -2.39. The molecule has 0 aliphatic carbocycles. The van der Waals surface area contributed by atoms with Gasteiger partial charge >= 0.3 is 119 Å². The Balaban J connectivity index is 2.60. The van der Waals surface area contributed by atoms with Gasteiger partial charge in [0.1, 0.15) is 0 Å². The molecule has 96 valence electrons. The van der Waals surface area contributed by atoms with Crippen molar-refractivity contribution in [2.45, 2.75) is 10.5 Å². The SMILES string of the molecule is C=C[CH2][Ge]([CH2]C=C)([c]1ccccc1)[c]1ccccc1. The van der Waals surface area contributed by atoms with Crippen LogP contribution in [0.25, 0.3) is 0 Å². The van der Waals surface area contributed by atoms with Gasteiger partial charge < -0.3 is 0 Å². The monoisotopic (exact) mass is 310 g/mol. The van der Waals surface area contributed by atoms with E-state index in [-0.39, 0.29) is 0 Å². The summed E-state index contributed by atoms with van der Waals surface area (Å²) in [6, 6.07) is 21.9. The van der Waals surface area contributed by atoms with Crippen LogP contribution in [0.1, 0.15) is 0 Å².